The van der Waals surface area contributed by atoms with Crippen LogP contribution in [0.2, 0.25) is 0 Å². The highest BCUT2D eigenvalue weighted by Crippen LogP contribution is 2.28. The van der Waals surface area contributed by atoms with Gasteiger partial charge in [-0.05, 0) is 32.9 Å². The van der Waals surface area contributed by atoms with Gasteiger partial charge in [0.25, 0.3) is 0 Å². The number of benzene rings is 1. The van der Waals surface area contributed by atoms with Gasteiger partial charge in [0, 0.05) is 37.0 Å². The smallest absolute Gasteiger partial charge is 0.236 e. The SMILES string of the molecule is Cc1nnc2c3ccccc3c(N3CCN(C(=O)CN4CCCC4)CC3)nn12. The Labute approximate surface area is 163 Å². The Morgan fingerprint density at radius 1 is 0.964 bits per heavy atom. The van der Waals surface area contributed by atoms with Gasteiger partial charge in [-0.2, -0.15) is 4.52 Å². The fourth-order valence-corrected chi connectivity index (χ4v) is 4.30. The number of piperazine rings is 1. The second kappa shape index (κ2) is 7.01. The topological polar surface area (TPSA) is 69.9 Å². The summed E-state index contributed by atoms with van der Waals surface area (Å²) in [6, 6.07) is 8.21. The molecule has 0 radical (unpaired) electrons. The minimum atomic E-state index is 0.254. The van der Waals surface area contributed by atoms with Crippen LogP contribution in [0.25, 0.3) is 16.4 Å². The van der Waals surface area contributed by atoms with Crippen LogP contribution in [0.15, 0.2) is 24.3 Å². The minimum absolute atomic E-state index is 0.254. The summed E-state index contributed by atoms with van der Waals surface area (Å²) < 4.78 is 1.82. The summed E-state index contributed by atoms with van der Waals surface area (Å²) in [7, 11) is 0. The van der Waals surface area contributed by atoms with Crippen molar-refractivity contribution in [2.45, 2.75) is 19.8 Å². The average Bonchev–Trinajstić information content (AvgIpc) is 3.37. The first-order valence-corrected chi connectivity index (χ1v) is 10.1. The summed E-state index contributed by atoms with van der Waals surface area (Å²) in [5, 5.41) is 15.5. The van der Waals surface area contributed by atoms with E-state index in [1.165, 1.54) is 12.8 Å². The molecule has 8 nitrogen and oxygen atoms in total. The number of carbonyl (C=O) groups is 1. The second-order valence-electron chi connectivity index (χ2n) is 7.70. The summed E-state index contributed by atoms with van der Waals surface area (Å²) in [4.78, 5) is 19.2. The standard InChI is InChI=1S/C20H25N7O/c1-15-21-22-19-16-6-2-3-7-17(16)20(23-27(15)19)26-12-10-25(11-13-26)18(28)14-24-8-4-5-9-24/h2-3,6-7H,4-5,8-14H2,1H3. The van der Waals surface area contributed by atoms with Crippen LogP contribution in [0, 0.1) is 6.92 Å². The molecule has 8 heteroatoms. The number of amides is 1. The van der Waals surface area contributed by atoms with Gasteiger partial charge in [-0.3, -0.25) is 9.69 Å². The summed E-state index contributed by atoms with van der Waals surface area (Å²) >= 11 is 0. The molecule has 2 fully saturated rings. The number of aryl methyl sites for hydroxylation is 1. The number of anilines is 1. The van der Waals surface area contributed by atoms with E-state index in [9.17, 15) is 4.79 Å². The molecule has 146 valence electrons. The molecule has 0 atom stereocenters. The van der Waals surface area contributed by atoms with E-state index in [0.29, 0.717) is 6.54 Å². The Kier molecular flexibility index (Phi) is 4.35. The van der Waals surface area contributed by atoms with Gasteiger partial charge in [0.05, 0.1) is 6.54 Å². The number of aromatic nitrogens is 4. The maximum Gasteiger partial charge on any atom is 0.236 e. The molecule has 28 heavy (non-hydrogen) atoms. The molecule has 2 aliphatic heterocycles. The zero-order chi connectivity index (χ0) is 19.1. The number of carbonyl (C=O) groups excluding carboxylic acids is 1. The van der Waals surface area contributed by atoms with Crippen molar-refractivity contribution in [2.24, 2.45) is 0 Å². The van der Waals surface area contributed by atoms with Crippen molar-refractivity contribution in [3.63, 3.8) is 0 Å². The van der Waals surface area contributed by atoms with Crippen molar-refractivity contribution in [3.05, 3.63) is 30.1 Å². The molecule has 0 saturated carbocycles. The largest absolute Gasteiger partial charge is 0.351 e. The van der Waals surface area contributed by atoms with E-state index in [0.717, 1.165) is 67.3 Å². The third-order valence-electron chi connectivity index (χ3n) is 5.89. The fourth-order valence-electron chi connectivity index (χ4n) is 4.30. The van der Waals surface area contributed by atoms with Gasteiger partial charge >= 0.3 is 0 Å². The van der Waals surface area contributed by atoms with E-state index in [1.807, 2.05) is 28.5 Å². The number of fused-ring (bicyclic) bond motifs is 3. The molecule has 1 amide bonds. The van der Waals surface area contributed by atoms with Crippen LogP contribution in [0.1, 0.15) is 18.7 Å². The number of hydrogen-bond donors (Lipinski definition) is 0. The van der Waals surface area contributed by atoms with Crippen LogP contribution >= 0.6 is 0 Å². The molecule has 0 aliphatic carbocycles. The lowest BCUT2D eigenvalue weighted by Gasteiger charge is -2.36. The highest BCUT2D eigenvalue weighted by Gasteiger charge is 2.26. The van der Waals surface area contributed by atoms with Crippen molar-refractivity contribution in [1.29, 1.82) is 0 Å². The van der Waals surface area contributed by atoms with Gasteiger partial charge in [0.1, 0.15) is 0 Å². The predicted molar refractivity (Wildman–Crippen MR) is 107 cm³/mol. The normalized spacial score (nSPS) is 18.5. The molecule has 5 rings (SSSR count). The van der Waals surface area contributed by atoms with E-state index >= 15 is 0 Å². The predicted octanol–water partition coefficient (Wildman–Crippen LogP) is 1.33. The van der Waals surface area contributed by atoms with Crippen LogP contribution < -0.4 is 4.90 Å². The van der Waals surface area contributed by atoms with Gasteiger partial charge in [-0.15, -0.1) is 15.3 Å². The Bertz CT molecular complexity index is 1020. The Morgan fingerprint density at radius 2 is 1.68 bits per heavy atom. The molecular weight excluding hydrogens is 354 g/mol. The molecule has 0 spiro atoms. The monoisotopic (exact) mass is 379 g/mol. The number of nitrogens with zero attached hydrogens (tertiary/aromatic N) is 7. The van der Waals surface area contributed by atoms with Gasteiger partial charge in [-0.25, -0.2) is 0 Å². The van der Waals surface area contributed by atoms with E-state index in [4.69, 9.17) is 5.10 Å². The lowest BCUT2D eigenvalue weighted by molar-refractivity contribution is -0.132. The van der Waals surface area contributed by atoms with Crippen molar-refractivity contribution < 1.29 is 4.79 Å². The first-order valence-electron chi connectivity index (χ1n) is 10.1. The zero-order valence-corrected chi connectivity index (χ0v) is 16.2. The molecule has 2 saturated heterocycles. The maximum atomic E-state index is 12.6. The molecule has 0 N–H and O–H groups in total. The average molecular weight is 379 g/mol. The van der Waals surface area contributed by atoms with Crippen LogP contribution in [-0.4, -0.2) is 81.3 Å². The molecule has 3 aromatic rings. The number of likely N-dealkylation sites (tertiary alicyclic amines) is 1. The highest BCUT2D eigenvalue weighted by atomic mass is 16.2. The third kappa shape index (κ3) is 2.97. The Balaban J connectivity index is 1.37. The first-order chi connectivity index (χ1) is 13.7. The summed E-state index contributed by atoms with van der Waals surface area (Å²) in [6.45, 7) is 7.64. The quantitative estimate of drug-likeness (QED) is 0.684. The molecule has 0 bridgehead atoms. The lowest BCUT2D eigenvalue weighted by atomic mass is 10.1. The zero-order valence-electron chi connectivity index (χ0n) is 16.2. The molecular formula is C20H25N7O. The summed E-state index contributed by atoms with van der Waals surface area (Å²) in [5.41, 5.74) is 0.788. The van der Waals surface area contributed by atoms with Crippen LogP contribution in [0.3, 0.4) is 0 Å². The lowest BCUT2D eigenvalue weighted by Crippen LogP contribution is -2.51. The van der Waals surface area contributed by atoms with Crippen molar-refractivity contribution in [3.8, 4) is 0 Å². The first kappa shape index (κ1) is 17.4. The van der Waals surface area contributed by atoms with Gasteiger partial charge in [0.2, 0.25) is 5.91 Å². The van der Waals surface area contributed by atoms with Crippen LogP contribution in [-0.2, 0) is 4.79 Å². The molecule has 2 aromatic heterocycles. The van der Waals surface area contributed by atoms with Gasteiger partial charge in [-0.1, -0.05) is 24.3 Å². The fraction of sp³-hybridized carbons (Fsp3) is 0.500. The van der Waals surface area contributed by atoms with Crippen LogP contribution in [0.5, 0.6) is 0 Å². The van der Waals surface area contributed by atoms with Crippen molar-refractivity contribution in [1.82, 2.24) is 29.6 Å². The molecule has 2 aliphatic rings. The van der Waals surface area contributed by atoms with Crippen LogP contribution in [0.4, 0.5) is 5.82 Å². The highest BCUT2D eigenvalue weighted by molar-refractivity contribution is 6.00. The number of hydrogen-bond acceptors (Lipinski definition) is 6. The van der Waals surface area contributed by atoms with Gasteiger partial charge in [0.15, 0.2) is 17.3 Å². The molecule has 4 heterocycles. The molecule has 0 unspecified atom stereocenters. The van der Waals surface area contributed by atoms with Crippen molar-refractivity contribution in [2.75, 3.05) is 50.7 Å². The van der Waals surface area contributed by atoms with Gasteiger partial charge < -0.3 is 9.80 Å². The summed E-state index contributed by atoms with van der Waals surface area (Å²) in [6.07, 6.45) is 2.43. The third-order valence-corrected chi connectivity index (χ3v) is 5.89. The Hall–Kier alpha value is -2.74. The van der Waals surface area contributed by atoms with Crippen molar-refractivity contribution >= 4 is 28.1 Å². The second-order valence-corrected chi connectivity index (χ2v) is 7.70. The van der Waals surface area contributed by atoms with E-state index < -0.39 is 0 Å². The molecule has 1 aromatic carbocycles. The summed E-state index contributed by atoms with van der Waals surface area (Å²) in [5.74, 6) is 1.98. The maximum absolute atomic E-state index is 12.6. The van der Waals surface area contributed by atoms with E-state index in [2.05, 4.69) is 32.1 Å². The Morgan fingerprint density at radius 3 is 2.43 bits per heavy atom. The number of rotatable bonds is 3. The van der Waals surface area contributed by atoms with E-state index in [1.54, 1.807) is 0 Å². The minimum Gasteiger partial charge on any atom is -0.351 e. The van der Waals surface area contributed by atoms with E-state index in [-0.39, 0.29) is 5.91 Å².